The third kappa shape index (κ3) is 4.99. The number of hydrogen-bond acceptors (Lipinski definition) is 6. The van der Waals surface area contributed by atoms with E-state index in [1.807, 2.05) is 32.9 Å². The first kappa shape index (κ1) is 22.1. The summed E-state index contributed by atoms with van der Waals surface area (Å²) < 4.78 is 21.1. The van der Waals surface area contributed by atoms with E-state index in [4.69, 9.17) is 18.9 Å². The van der Waals surface area contributed by atoms with Crippen molar-refractivity contribution in [2.45, 2.75) is 33.8 Å². The van der Waals surface area contributed by atoms with Gasteiger partial charge in [-0.1, -0.05) is 17.7 Å². The van der Waals surface area contributed by atoms with Crippen LogP contribution in [0.25, 0.3) is 0 Å². The van der Waals surface area contributed by atoms with Crippen molar-refractivity contribution >= 4 is 17.6 Å². The average molecular weight is 401 g/mol. The molecule has 2 aromatic rings. The Kier molecular flexibility index (Phi) is 7.09. The molecule has 0 spiro atoms. The zero-order valence-corrected chi connectivity index (χ0v) is 17.8. The summed E-state index contributed by atoms with van der Waals surface area (Å²) in [6.45, 7) is 7.35. The van der Waals surface area contributed by atoms with E-state index in [-0.39, 0.29) is 5.56 Å². The van der Waals surface area contributed by atoms with E-state index < -0.39 is 18.0 Å². The van der Waals surface area contributed by atoms with Gasteiger partial charge in [0, 0.05) is 5.69 Å². The predicted octanol–water partition coefficient (Wildman–Crippen LogP) is 3.82. The van der Waals surface area contributed by atoms with Crippen molar-refractivity contribution in [2.24, 2.45) is 0 Å². The highest BCUT2D eigenvalue weighted by Crippen LogP contribution is 2.38. The number of methoxy groups -OCH3 is 3. The van der Waals surface area contributed by atoms with Crippen LogP contribution in [0.2, 0.25) is 0 Å². The fourth-order valence-corrected chi connectivity index (χ4v) is 3.08. The smallest absolute Gasteiger partial charge is 0.339 e. The van der Waals surface area contributed by atoms with Crippen LogP contribution in [0, 0.1) is 20.8 Å². The van der Waals surface area contributed by atoms with Gasteiger partial charge >= 0.3 is 5.97 Å². The number of carbonyl (C=O) groups is 2. The quantitative estimate of drug-likeness (QED) is 0.710. The van der Waals surface area contributed by atoms with E-state index in [0.717, 1.165) is 22.4 Å². The number of rotatable bonds is 7. The summed E-state index contributed by atoms with van der Waals surface area (Å²) in [5, 5.41) is 2.84. The first-order chi connectivity index (χ1) is 13.7. The van der Waals surface area contributed by atoms with Crippen LogP contribution in [-0.2, 0) is 9.53 Å². The third-order valence-electron chi connectivity index (χ3n) is 4.48. The molecule has 7 heteroatoms. The zero-order valence-electron chi connectivity index (χ0n) is 17.8. The lowest BCUT2D eigenvalue weighted by molar-refractivity contribution is -0.123. The maximum atomic E-state index is 12.6. The fourth-order valence-electron chi connectivity index (χ4n) is 3.08. The lowest BCUT2D eigenvalue weighted by atomic mass is 10.0. The molecular formula is C22H27NO6. The summed E-state index contributed by atoms with van der Waals surface area (Å²) >= 11 is 0. The highest BCUT2D eigenvalue weighted by atomic mass is 16.5. The molecule has 0 aromatic heterocycles. The second kappa shape index (κ2) is 9.32. The molecule has 0 radical (unpaired) electrons. The molecule has 0 fully saturated rings. The molecule has 0 saturated carbocycles. The maximum Gasteiger partial charge on any atom is 0.339 e. The van der Waals surface area contributed by atoms with Gasteiger partial charge in [-0.15, -0.1) is 0 Å². The summed E-state index contributed by atoms with van der Waals surface area (Å²) in [6.07, 6.45) is -0.998. The van der Waals surface area contributed by atoms with Crippen molar-refractivity contribution in [3.63, 3.8) is 0 Å². The number of benzene rings is 2. The Morgan fingerprint density at radius 2 is 1.38 bits per heavy atom. The van der Waals surface area contributed by atoms with Gasteiger partial charge in [-0.05, 0) is 51.0 Å². The Bertz CT molecular complexity index is 874. The number of nitrogens with one attached hydrogen (secondary N) is 1. The van der Waals surface area contributed by atoms with Gasteiger partial charge in [0.15, 0.2) is 17.6 Å². The van der Waals surface area contributed by atoms with Crippen LogP contribution in [0.1, 0.15) is 34.0 Å². The first-order valence-corrected chi connectivity index (χ1v) is 9.11. The van der Waals surface area contributed by atoms with Crippen LogP contribution in [0.15, 0.2) is 24.3 Å². The van der Waals surface area contributed by atoms with Crippen molar-refractivity contribution in [3.05, 3.63) is 46.5 Å². The van der Waals surface area contributed by atoms with Gasteiger partial charge in [0.25, 0.3) is 5.91 Å². The minimum Gasteiger partial charge on any atom is -0.493 e. The zero-order chi connectivity index (χ0) is 21.7. The summed E-state index contributed by atoms with van der Waals surface area (Å²) in [5.74, 6) is -0.0867. The summed E-state index contributed by atoms with van der Waals surface area (Å²) in [7, 11) is 4.38. The molecule has 0 heterocycles. The number of esters is 1. The van der Waals surface area contributed by atoms with Gasteiger partial charge in [-0.3, -0.25) is 4.79 Å². The standard InChI is InChI=1S/C22H27NO6/c1-12-8-13(2)19(14(3)9-12)23-21(24)15(4)29-22(25)16-10-17(26-5)20(28-7)18(11-16)27-6/h8-11,15H,1-7H3,(H,23,24). The minimum absolute atomic E-state index is 0.182. The summed E-state index contributed by atoms with van der Waals surface area (Å²) in [5.41, 5.74) is 3.90. The van der Waals surface area contributed by atoms with Crippen LogP contribution < -0.4 is 19.5 Å². The molecular weight excluding hydrogens is 374 g/mol. The third-order valence-corrected chi connectivity index (χ3v) is 4.48. The number of carbonyl (C=O) groups excluding carboxylic acids is 2. The van der Waals surface area contributed by atoms with Gasteiger partial charge in [-0.2, -0.15) is 0 Å². The molecule has 156 valence electrons. The Morgan fingerprint density at radius 3 is 1.83 bits per heavy atom. The number of hydrogen-bond donors (Lipinski definition) is 1. The van der Waals surface area contributed by atoms with E-state index in [2.05, 4.69) is 5.32 Å². The van der Waals surface area contributed by atoms with E-state index >= 15 is 0 Å². The Hall–Kier alpha value is -3.22. The highest BCUT2D eigenvalue weighted by molar-refractivity contribution is 5.98. The minimum atomic E-state index is -0.998. The van der Waals surface area contributed by atoms with Crippen LogP contribution in [0.4, 0.5) is 5.69 Å². The van der Waals surface area contributed by atoms with Crippen LogP contribution >= 0.6 is 0 Å². The molecule has 1 atom stereocenters. The lowest BCUT2D eigenvalue weighted by Crippen LogP contribution is -2.30. The SMILES string of the molecule is COc1cc(C(=O)OC(C)C(=O)Nc2c(C)cc(C)cc2C)cc(OC)c1OC. The molecule has 2 aromatic carbocycles. The molecule has 0 bridgehead atoms. The molecule has 0 aliphatic rings. The highest BCUT2D eigenvalue weighted by Gasteiger charge is 2.23. The summed E-state index contributed by atoms with van der Waals surface area (Å²) in [6, 6.07) is 6.91. The van der Waals surface area contributed by atoms with Crippen molar-refractivity contribution in [2.75, 3.05) is 26.6 Å². The van der Waals surface area contributed by atoms with Crippen molar-refractivity contribution in [3.8, 4) is 17.2 Å². The second-order valence-corrected chi connectivity index (χ2v) is 6.72. The Balaban J connectivity index is 2.17. The monoisotopic (exact) mass is 401 g/mol. The molecule has 0 aliphatic carbocycles. The van der Waals surface area contributed by atoms with Crippen molar-refractivity contribution in [1.29, 1.82) is 0 Å². The van der Waals surface area contributed by atoms with Gasteiger partial charge in [0.2, 0.25) is 5.75 Å². The van der Waals surface area contributed by atoms with Gasteiger partial charge in [-0.25, -0.2) is 4.79 Å². The molecule has 1 amide bonds. The largest absolute Gasteiger partial charge is 0.493 e. The normalized spacial score (nSPS) is 11.4. The predicted molar refractivity (Wildman–Crippen MR) is 110 cm³/mol. The van der Waals surface area contributed by atoms with E-state index in [9.17, 15) is 9.59 Å². The number of aryl methyl sites for hydroxylation is 3. The second-order valence-electron chi connectivity index (χ2n) is 6.72. The van der Waals surface area contributed by atoms with Crippen LogP contribution in [-0.4, -0.2) is 39.3 Å². The van der Waals surface area contributed by atoms with E-state index in [1.165, 1.54) is 40.4 Å². The maximum absolute atomic E-state index is 12.6. The van der Waals surface area contributed by atoms with Crippen LogP contribution in [0.3, 0.4) is 0 Å². The fraction of sp³-hybridized carbons (Fsp3) is 0.364. The van der Waals surface area contributed by atoms with Gasteiger partial charge in [0.1, 0.15) is 0 Å². The Labute approximate surface area is 170 Å². The van der Waals surface area contributed by atoms with E-state index in [0.29, 0.717) is 17.2 Å². The van der Waals surface area contributed by atoms with Gasteiger partial charge in [0.05, 0.1) is 26.9 Å². The molecule has 2 rings (SSSR count). The first-order valence-electron chi connectivity index (χ1n) is 9.11. The van der Waals surface area contributed by atoms with Crippen molar-refractivity contribution in [1.82, 2.24) is 0 Å². The molecule has 1 unspecified atom stereocenters. The summed E-state index contributed by atoms with van der Waals surface area (Å²) in [4.78, 5) is 25.1. The lowest BCUT2D eigenvalue weighted by Gasteiger charge is -2.18. The molecule has 7 nitrogen and oxygen atoms in total. The van der Waals surface area contributed by atoms with E-state index in [1.54, 1.807) is 0 Å². The average Bonchev–Trinajstić information content (AvgIpc) is 2.68. The number of anilines is 1. The topological polar surface area (TPSA) is 83.1 Å². The Morgan fingerprint density at radius 1 is 0.862 bits per heavy atom. The molecule has 29 heavy (non-hydrogen) atoms. The molecule has 1 N–H and O–H groups in total. The number of amides is 1. The number of ether oxygens (including phenoxy) is 4. The van der Waals surface area contributed by atoms with Gasteiger partial charge < -0.3 is 24.3 Å². The van der Waals surface area contributed by atoms with Crippen molar-refractivity contribution < 1.29 is 28.5 Å². The molecule has 0 saturated heterocycles. The molecule has 0 aliphatic heterocycles. The van der Waals surface area contributed by atoms with Crippen LogP contribution in [0.5, 0.6) is 17.2 Å².